The third-order valence-electron chi connectivity index (χ3n) is 13.0. The largest absolute Gasteiger partial charge is 0.370 e. The van der Waals surface area contributed by atoms with Gasteiger partial charge in [0.15, 0.2) is 0 Å². The number of hydrogen-bond acceptors (Lipinski definition) is 9. The molecule has 3 aliphatic rings. The highest BCUT2D eigenvalue weighted by Gasteiger charge is 2.45. The van der Waals surface area contributed by atoms with Crippen molar-refractivity contribution in [2.24, 2.45) is 18.5 Å². The predicted molar refractivity (Wildman–Crippen MR) is 241 cm³/mol. The van der Waals surface area contributed by atoms with E-state index in [1.807, 2.05) is 78.9 Å². The van der Waals surface area contributed by atoms with E-state index in [2.05, 4.69) is 16.0 Å². The summed E-state index contributed by atoms with van der Waals surface area (Å²) < 4.78 is 3.00. The molecule has 3 fully saturated rings. The minimum Gasteiger partial charge on any atom is -0.370 e. The minimum absolute atomic E-state index is 0.0233. The van der Waals surface area contributed by atoms with Gasteiger partial charge in [0.25, 0.3) is 0 Å². The number of benzene rings is 3. The van der Waals surface area contributed by atoms with E-state index in [9.17, 15) is 38.4 Å². The van der Waals surface area contributed by atoms with Crippen LogP contribution in [0.2, 0.25) is 0 Å². The van der Waals surface area contributed by atoms with E-state index in [1.165, 1.54) is 14.0 Å². The molecule has 1 aromatic heterocycles. The van der Waals surface area contributed by atoms with Crippen LogP contribution in [0.15, 0.2) is 83.7 Å². The van der Waals surface area contributed by atoms with Gasteiger partial charge in [-0.2, -0.15) is 0 Å². The summed E-state index contributed by atoms with van der Waals surface area (Å²) in [4.78, 5) is 108. The van der Waals surface area contributed by atoms with Crippen molar-refractivity contribution in [3.05, 3.63) is 106 Å². The van der Waals surface area contributed by atoms with Crippen LogP contribution in [-0.2, 0) is 47.0 Å². The second-order valence-corrected chi connectivity index (χ2v) is 17.5. The Labute approximate surface area is 377 Å². The standard InChI is InChI=1S/C48H59N9O8/c1-54-39-28-30(18-21-36(39)57(48(54)65)38-23-25-41(59)52-46(38)63)12-6-2-3-11-17-42(60)55-27-26-33-19-22-37(56(33)47(64)34(49)29-55)45(62)51-35(20-24-40(50)58)44(61)53-43(31-13-7-4-8-14-31)32-15-9-5-10-16-32/h4-5,7-10,13-16,18,21,28,33-35,37-38,43H,2-3,6,11-12,17,19-20,22-27,29,49H2,1H3,(H2,50,58)(H,51,62)(H,53,61)(H,52,59,63)/t33-,34+,35-,37+,38?/m1/s1. The van der Waals surface area contributed by atoms with Crippen molar-refractivity contribution in [3.8, 4) is 0 Å². The average Bonchev–Trinajstić information content (AvgIpc) is 3.83. The van der Waals surface area contributed by atoms with Gasteiger partial charge in [-0.05, 0) is 80.2 Å². The molecule has 4 aromatic rings. The molecule has 344 valence electrons. The van der Waals surface area contributed by atoms with Crippen LogP contribution in [0.4, 0.5) is 0 Å². The van der Waals surface area contributed by atoms with Gasteiger partial charge in [-0.3, -0.25) is 48.0 Å². The molecule has 3 aliphatic heterocycles. The van der Waals surface area contributed by atoms with Crippen molar-refractivity contribution in [3.63, 3.8) is 0 Å². The summed E-state index contributed by atoms with van der Waals surface area (Å²) in [7, 11) is 1.67. The van der Waals surface area contributed by atoms with Gasteiger partial charge in [-0.1, -0.05) is 79.6 Å². The predicted octanol–water partition coefficient (Wildman–Crippen LogP) is 2.39. The molecule has 0 radical (unpaired) electrons. The molecule has 65 heavy (non-hydrogen) atoms. The minimum atomic E-state index is -1.11. The Bertz CT molecular complexity index is 2430. The topological polar surface area (TPSA) is 241 Å². The lowest BCUT2D eigenvalue weighted by atomic mass is 9.98. The van der Waals surface area contributed by atoms with Crippen LogP contribution >= 0.6 is 0 Å². The van der Waals surface area contributed by atoms with Crippen molar-refractivity contribution < 1.29 is 33.6 Å². The van der Waals surface area contributed by atoms with E-state index >= 15 is 0 Å². The lowest BCUT2D eigenvalue weighted by molar-refractivity contribution is -0.145. The quantitative estimate of drug-likeness (QED) is 0.0772. The maximum absolute atomic E-state index is 14.0. The molecular formula is C48H59N9O8. The third-order valence-corrected chi connectivity index (χ3v) is 13.0. The Balaban J connectivity index is 0.895. The number of imidazole rings is 1. The molecule has 3 saturated heterocycles. The molecule has 7 rings (SSSR count). The number of nitrogens with zero attached hydrogens (tertiary/aromatic N) is 4. The van der Waals surface area contributed by atoms with E-state index in [0.29, 0.717) is 44.2 Å². The number of rotatable bonds is 17. The molecule has 0 aliphatic carbocycles. The zero-order valence-electron chi connectivity index (χ0n) is 36.8. The Kier molecular flexibility index (Phi) is 14.9. The van der Waals surface area contributed by atoms with Crippen LogP contribution in [0, 0.1) is 0 Å². The number of nitrogens with two attached hydrogens (primary N) is 2. The van der Waals surface area contributed by atoms with E-state index in [-0.39, 0.29) is 55.8 Å². The fourth-order valence-corrected chi connectivity index (χ4v) is 9.51. The van der Waals surface area contributed by atoms with E-state index in [0.717, 1.165) is 47.9 Å². The van der Waals surface area contributed by atoms with Crippen LogP contribution in [0.3, 0.4) is 0 Å². The van der Waals surface area contributed by atoms with Crippen LogP contribution < -0.4 is 33.1 Å². The Morgan fingerprint density at radius 2 is 1.49 bits per heavy atom. The van der Waals surface area contributed by atoms with Gasteiger partial charge >= 0.3 is 5.69 Å². The number of aryl methyl sites for hydroxylation is 2. The smallest absolute Gasteiger partial charge is 0.329 e. The molecule has 5 atom stereocenters. The molecule has 3 aromatic carbocycles. The number of nitrogens with one attached hydrogen (secondary N) is 3. The molecule has 0 spiro atoms. The van der Waals surface area contributed by atoms with Gasteiger partial charge in [0.05, 0.1) is 17.1 Å². The first-order chi connectivity index (χ1) is 31.3. The molecule has 7 amide bonds. The number of imide groups is 1. The van der Waals surface area contributed by atoms with Crippen LogP contribution in [-0.4, -0.2) is 97.5 Å². The Hall–Kier alpha value is -6.62. The van der Waals surface area contributed by atoms with Crippen LogP contribution in [0.5, 0.6) is 0 Å². The highest BCUT2D eigenvalue weighted by atomic mass is 16.2. The van der Waals surface area contributed by atoms with Gasteiger partial charge in [0.2, 0.25) is 41.4 Å². The first kappa shape index (κ1) is 46.4. The van der Waals surface area contributed by atoms with Crippen LogP contribution in [0.25, 0.3) is 11.0 Å². The number of carbonyl (C=O) groups excluding carboxylic acids is 7. The van der Waals surface area contributed by atoms with Gasteiger partial charge < -0.3 is 31.9 Å². The molecule has 4 heterocycles. The fraction of sp³-hybridized carbons (Fsp3) is 0.458. The maximum Gasteiger partial charge on any atom is 0.329 e. The highest BCUT2D eigenvalue weighted by molar-refractivity contribution is 6.00. The molecule has 17 nitrogen and oxygen atoms in total. The van der Waals surface area contributed by atoms with Crippen molar-refractivity contribution in [2.45, 2.75) is 120 Å². The van der Waals surface area contributed by atoms with E-state index < -0.39 is 59.7 Å². The summed E-state index contributed by atoms with van der Waals surface area (Å²) in [5.74, 6) is -2.94. The van der Waals surface area contributed by atoms with Gasteiger partial charge in [-0.15, -0.1) is 0 Å². The number of carbonyl (C=O) groups is 7. The van der Waals surface area contributed by atoms with Crippen LogP contribution in [0.1, 0.15) is 106 Å². The molecule has 0 bridgehead atoms. The summed E-state index contributed by atoms with van der Waals surface area (Å²) in [6.07, 6.45) is 5.95. The van der Waals surface area contributed by atoms with Crippen molar-refractivity contribution >= 4 is 52.4 Å². The van der Waals surface area contributed by atoms with Crippen molar-refractivity contribution in [1.29, 1.82) is 0 Å². The lowest BCUT2D eigenvalue weighted by Gasteiger charge is -2.37. The molecular weight excluding hydrogens is 831 g/mol. The molecule has 0 saturated carbocycles. The number of primary amides is 1. The number of amides is 7. The van der Waals surface area contributed by atoms with E-state index in [1.54, 1.807) is 11.9 Å². The van der Waals surface area contributed by atoms with Gasteiger partial charge in [-0.25, -0.2) is 4.79 Å². The highest BCUT2D eigenvalue weighted by Crippen LogP contribution is 2.30. The number of hydrogen-bond donors (Lipinski definition) is 5. The maximum atomic E-state index is 14.0. The molecule has 17 heteroatoms. The van der Waals surface area contributed by atoms with Crippen molar-refractivity contribution in [2.75, 3.05) is 13.1 Å². The van der Waals surface area contributed by atoms with Gasteiger partial charge in [0, 0.05) is 45.4 Å². The average molecular weight is 890 g/mol. The number of unbranched alkanes of at least 4 members (excludes halogenated alkanes) is 3. The summed E-state index contributed by atoms with van der Waals surface area (Å²) in [6.45, 7) is 0.408. The second kappa shape index (κ2) is 20.9. The monoisotopic (exact) mass is 889 g/mol. The summed E-state index contributed by atoms with van der Waals surface area (Å²) >= 11 is 0. The first-order valence-corrected chi connectivity index (χ1v) is 22.7. The normalized spacial score (nSPS) is 20.5. The van der Waals surface area contributed by atoms with Gasteiger partial charge in [0.1, 0.15) is 24.2 Å². The fourth-order valence-electron chi connectivity index (χ4n) is 9.51. The Morgan fingerprint density at radius 1 is 0.800 bits per heavy atom. The second-order valence-electron chi connectivity index (χ2n) is 17.5. The summed E-state index contributed by atoms with van der Waals surface area (Å²) in [6, 6.07) is 20.0. The zero-order chi connectivity index (χ0) is 46.2. The summed E-state index contributed by atoms with van der Waals surface area (Å²) in [5.41, 5.74) is 15.7. The number of piperidine rings is 1. The SMILES string of the molecule is Cn1c(=O)n(C2CCC(=O)NC2=O)c2ccc(CCCCCCC(=O)N3CC[C@H]4CC[C@@H](C(=O)N[C@H](CCC(N)=O)C(=O)NC(c5ccccc5)c5ccccc5)N4C(=O)[C@@H](N)C3)cc21. The molecule has 7 N–H and O–H groups in total. The lowest BCUT2D eigenvalue weighted by Crippen LogP contribution is -2.60. The number of aromatic nitrogens is 2. The third kappa shape index (κ3) is 10.8. The van der Waals surface area contributed by atoms with E-state index in [4.69, 9.17) is 11.5 Å². The van der Waals surface area contributed by atoms with Crippen molar-refractivity contribution in [1.82, 2.24) is 34.9 Å². The summed E-state index contributed by atoms with van der Waals surface area (Å²) in [5, 5.41) is 8.22. The molecule has 1 unspecified atom stereocenters. The first-order valence-electron chi connectivity index (χ1n) is 22.7. The zero-order valence-corrected chi connectivity index (χ0v) is 36.8. The Morgan fingerprint density at radius 3 is 2.17 bits per heavy atom. The number of fused-ring (bicyclic) bond motifs is 2.